The molecule has 0 bridgehead atoms. The minimum absolute atomic E-state index is 0.0645. The van der Waals surface area contributed by atoms with Crippen molar-refractivity contribution in [2.75, 3.05) is 0 Å². The lowest BCUT2D eigenvalue weighted by Gasteiger charge is -2.19. The quantitative estimate of drug-likeness (QED) is 0.943. The van der Waals surface area contributed by atoms with E-state index < -0.39 is 11.4 Å². The first-order valence-electron chi connectivity index (χ1n) is 5.98. The van der Waals surface area contributed by atoms with E-state index in [0.29, 0.717) is 10.8 Å². The minimum atomic E-state index is -0.651. The summed E-state index contributed by atoms with van der Waals surface area (Å²) >= 11 is 5.88. The van der Waals surface area contributed by atoms with Crippen LogP contribution in [-0.2, 0) is 5.54 Å². The highest BCUT2D eigenvalue weighted by atomic mass is 35.5. The summed E-state index contributed by atoms with van der Waals surface area (Å²) in [5, 5.41) is 8.33. The highest BCUT2D eigenvalue weighted by Crippen LogP contribution is 2.27. The van der Waals surface area contributed by atoms with E-state index in [2.05, 4.69) is 10.3 Å². The topological polar surface area (TPSA) is 83.0 Å². The number of rotatable bonds is 3. The molecule has 0 unspecified atom stereocenters. The van der Waals surface area contributed by atoms with Crippen LogP contribution in [0.15, 0.2) is 24.3 Å². The zero-order chi connectivity index (χ0) is 14.9. The van der Waals surface area contributed by atoms with Gasteiger partial charge < -0.3 is 10.5 Å². The van der Waals surface area contributed by atoms with Gasteiger partial charge in [-0.1, -0.05) is 28.0 Å². The van der Waals surface area contributed by atoms with Gasteiger partial charge in [0.1, 0.15) is 5.75 Å². The molecule has 1 aromatic carbocycles. The number of carbonyl (C=O) groups excluding carboxylic acids is 1. The van der Waals surface area contributed by atoms with Crippen molar-refractivity contribution in [3.63, 3.8) is 0 Å². The lowest BCUT2D eigenvalue weighted by molar-refractivity contribution is 0.0980. The Labute approximate surface area is 121 Å². The Hall–Kier alpha value is -2.08. The van der Waals surface area contributed by atoms with Gasteiger partial charge in [0.05, 0.1) is 5.54 Å². The molecule has 0 aliphatic carbocycles. The van der Waals surface area contributed by atoms with Crippen molar-refractivity contribution in [2.24, 2.45) is 5.73 Å². The van der Waals surface area contributed by atoms with Crippen LogP contribution in [0.1, 0.15) is 31.3 Å². The average molecular weight is 295 g/mol. The van der Waals surface area contributed by atoms with Crippen LogP contribution in [-0.4, -0.2) is 20.9 Å². The van der Waals surface area contributed by atoms with Gasteiger partial charge in [0, 0.05) is 5.02 Å². The summed E-state index contributed by atoms with van der Waals surface area (Å²) in [5.74, 6) is -0.127. The van der Waals surface area contributed by atoms with Gasteiger partial charge >= 0.3 is 0 Å². The smallest absolute Gasteiger partial charge is 0.272 e. The second-order valence-electron chi connectivity index (χ2n) is 5.25. The fourth-order valence-corrected chi connectivity index (χ4v) is 1.84. The summed E-state index contributed by atoms with van der Waals surface area (Å²) in [4.78, 5) is 11.6. The monoisotopic (exact) mass is 294 g/mol. The third kappa shape index (κ3) is 2.91. The third-order valence-corrected chi connectivity index (χ3v) is 2.75. The van der Waals surface area contributed by atoms with Gasteiger partial charge in [-0.05, 0) is 39.0 Å². The van der Waals surface area contributed by atoms with E-state index in [1.807, 2.05) is 20.8 Å². The molecule has 2 N–H and O–H groups in total. The van der Waals surface area contributed by atoms with Crippen LogP contribution >= 0.6 is 11.6 Å². The maximum absolute atomic E-state index is 11.6. The van der Waals surface area contributed by atoms with Crippen LogP contribution < -0.4 is 10.5 Å². The molecule has 0 spiro atoms. The van der Waals surface area contributed by atoms with E-state index in [1.54, 1.807) is 24.3 Å². The second-order valence-corrected chi connectivity index (χ2v) is 5.69. The summed E-state index contributed by atoms with van der Waals surface area (Å²) in [7, 11) is 0. The molecule has 0 fully saturated rings. The summed E-state index contributed by atoms with van der Waals surface area (Å²) in [6.45, 7) is 5.66. The van der Waals surface area contributed by atoms with E-state index in [0.717, 1.165) is 0 Å². The van der Waals surface area contributed by atoms with Crippen LogP contribution in [0.4, 0.5) is 0 Å². The lowest BCUT2D eigenvalue weighted by Crippen LogP contribution is -2.29. The predicted molar refractivity (Wildman–Crippen MR) is 75.1 cm³/mol. The van der Waals surface area contributed by atoms with E-state index in [4.69, 9.17) is 22.1 Å². The minimum Gasteiger partial charge on any atom is -0.436 e. The van der Waals surface area contributed by atoms with Crippen LogP contribution in [0.25, 0.3) is 0 Å². The normalized spacial score (nSPS) is 11.4. The highest BCUT2D eigenvalue weighted by molar-refractivity contribution is 6.30. The number of hydrogen-bond acceptors (Lipinski definition) is 4. The van der Waals surface area contributed by atoms with Gasteiger partial charge in [-0.2, -0.15) is 0 Å². The molecule has 1 amide bonds. The number of halogens is 1. The first-order chi connectivity index (χ1) is 9.29. The third-order valence-electron chi connectivity index (χ3n) is 2.52. The van der Waals surface area contributed by atoms with Gasteiger partial charge in [0.25, 0.3) is 11.8 Å². The Kier molecular flexibility index (Phi) is 3.67. The van der Waals surface area contributed by atoms with Crippen molar-refractivity contribution in [3.8, 4) is 11.6 Å². The number of hydrogen-bond donors (Lipinski definition) is 1. The van der Waals surface area contributed by atoms with Crippen molar-refractivity contribution in [1.29, 1.82) is 0 Å². The molecule has 0 atom stereocenters. The van der Waals surface area contributed by atoms with Gasteiger partial charge in [0.2, 0.25) is 0 Å². The Balaban J connectivity index is 2.43. The van der Waals surface area contributed by atoms with Crippen molar-refractivity contribution >= 4 is 17.5 Å². The molecule has 6 nitrogen and oxygen atoms in total. The molecule has 2 aromatic rings. The fraction of sp³-hybridized carbons (Fsp3) is 0.308. The van der Waals surface area contributed by atoms with Crippen molar-refractivity contribution < 1.29 is 9.53 Å². The van der Waals surface area contributed by atoms with Gasteiger partial charge in [-0.3, -0.25) is 4.79 Å². The van der Waals surface area contributed by atoms with Crippen LogP contribution in [0.5, 0.6) is 11.6 Å². The molecule has 0 radical (unpaired) electrons. The largest absolute Gasteiger partial charge is 0.436 e. The molecular formula is C13H15ClN4O2. The number of amides is 1. The zero-order valence-corrected chi connectivity index (χ0v) is 12.2. The number of primary amides is 1. The molecule has 1 heterocycles. The number of aromatic nitrogens is 3. The van der Waals surface area contributed by atoms with Crippen LogP contribution in [0.3, 0.4) is 0 Å². The summed E-state index contributed by atoms with van der Waals surface area (Å²) in [6.07, 6.45) is 0. The molecule has 106 valence electrons. The fourth-order valence-electron chi connectivity index (χ4n) is 1.66. The molecule has 0 saturated heterocycles. The summed E-state index contributed by atoms with van der Waals surface area (Å²) < 4.78 is 6.99. The van der Waals surface area contributed by atoms with Gasteiger partial charge in [-0.25, -0.2) is 4.68 Å². The number of nitrogens with two attached hydrogens (primary N) is 1. The molecule has 7 heteroatoms. The first-order valence-corrected chi connectivity index (χ1v) is 6.36. The van der Waals surface area contributed by atoms with Crippen LogP contribution in [0, 0.1) is 0 Å². The lowest BCUT2D eigenvalue weighted by atomic mass is 10.1. The molecule has 2 rings (SSSR count). The Morgan fingerprint density at radius 3 is 2.65 bits per heavy atom. The van der Waals surface area contributed by atoms with Gasteiger partial charge in [-0.15, -0.1) is 0 Å². The SMILES string of the molecule is CC(C)(C)n1nnc(Oc2cccc(Cl)c2)c1C(N)=O. The summed E-state index contributed by atoms with van der Waals surface area (Å²) in [5.41, 5.74) is 5.08. The molecule has 1 aromatic heterocycles. The number of ether oxygens (including phenoxy) is 1. The molecule has 0 aliphatic rings. The van der Waals surface area contributed by atoms with Crippen LogP contribution in [0.2, 0.25) is 5.02 Å². The van der Waals surface area contributed by atoms with Crippen molar-refractivity contribution in [2.45, 2.75) is 26.3 Å². The predicted octanol–water partition coefficient (Wildman–Crippen LogP) is 2.58. The van der Waals surface area contributed by atoms with Crippen molar-refractivity contribution in [3.05, 3.63) is 35.0 Å². The summed E-state index contributed by atoms with van der Waals surface area (Å²) in [6, 6.07) is 6.76. The average Bonchev–Trinajstić information content (AvgIpc) is 2.72. The molecule has 20 heavy (non-hydrogen) atoms. The number of carbonyl (C=O) groups is 1. The number of nitrogens with zero attached hydrogens (tertiary/aromatic N) is 3. The van der Waals surface area contributed by atoms with E-state index in [-0.39, 0.29) is 11.6 Å². The maximum Gasteiger partial charge on any atom is 0.272 e. The van der Waals surface area contributed by atoms with E-state index in [9.17, 15) is 4.79 Å². The molecule has 0 aliphatic heterocycles. The zero-order valence-electron chi connectivity index (χ0n) is 11.4. The first kappa shape index (κ1) is 14.3. The molecule has 0 saturated carbocycles. The Morgan fingerprint density at radius 1 is 1.40 bits per heavy atom. The molecular weight excluding hydrogens is 280 g/mol. The van der Waals surface area contributed by atoms with E-state index in [1.165, 1.54) is 4.68 Å². The van der Waals surface area contributed by atoms with Gasteiger partial charge in [0.15, 0.2) is 5.69 Å². The maximum atomic E-state index is 11.6. The second kappa shape index (κ2) is 5.13. The Morgan fingerprint density at radius 2 is 2.10 bits per heavy atom. The number of benzene rings is 1. The Bertz CT molecular complexity index is 646. The standard InChI is InChI=1S/C13H15ClN4O2/c1-13(2,3)18-10(11(15)19)12(16-17-18)20-9-6-4-5-8(14)7-9/h4-7H,1-3H3,(H2,15,19). The highest BCUT2D eigenvalue weighted by Gasteiger charge is 2.27. The van der Waals surface area contributed by atoms with E-state index >= 15 is 0 Å². The van der Waals surface area contributed by atoms with Crippen molar-refractivity contribution in [1.82, 2.24) is 15.0 Å².